The number of ether oxygens (including phenoxy) is 3. The summed E-state index contributed by atoms with van der Waals surface area (Å²) in [6.45, 7) is 5.45. The van der Waals surface area contributed by atoms with Crippen molar-refractivity contribution in [1.82, 2.24) is 9.55 Å². The Bertz CT molecular complexity index is 1740. The van der Waals surface area contributed by atoms with E-state index in [9.17, 15) is 5.21 Å². The minimum absolute atomic E-state index is 0.123. The largest absolute Gasteiger partial charge is 0.443 e. The van der Waals surface area contributed by atoms with E-state index in [0.717, 1.165) is 73.8 Å². The number of hydrogen-bond acceptors (Lipinski definition) is 7. The number of pyridine rings is 1. The summed E-state index contributed by atoms with van der Waals surface area (Å²) in [4.78, 5) is 6.90. The van der Waals surface area contributed by atoms with Crippen molar-refractivity contribution < 1.29 is 19.4 Å². The zero-order valence-electron chi connectivity index (χ0n) is 24.0. The number of benzene rings is 2. The molecule has 0 radical (unpaired) electrons. The third kappa shape index (κ3) is 4.40. The summed E-state index contributed by atoms with van der Waals surface area (Å²) < 4.78 is 21.1. The summed E-state index contributed by atoms with van der Waals surface area (Å²) in [6.07, 6.45) is 6.32. The maximum atomic E-state index is 9.24. The molecule has 4 aromatic rings. The van der Waals surface area contributed by atoms with E-state index in [1.165, 1.54) is 17.5 Å². The first-order valence-corrected chi connectivity index (χ1v) is 15.3. The van der Waals surface area contributed by atoms with E-state index < -0.39 is 5.79 Å². The number of hydrogen-bond donors (Lipinski definition) is 2. The number of nitrogens with zero attached hydrogens (tertiary/aromatic N) is 4. The van der Waals surface area contributed by atoms with Gasteiger partial charge in [-0.25, -0.2) is 0 Å². The van der Waals surface area contributed by atoms with Gasteiger partial charge in [-0.3, -0.25) is 4.98 Å². The van der Waals surface area contributed by atoms with Gasteiger partial charge < -0.3 is 34.6 Å². The van der Waals surface area contributed by atoms with E-state index in [4.69, 9.17) is 31.5 Å². The van der Waals surface area contributed by atoms with Crippen molar-refractivity contribution in [2.75, 3.05) is 24.6 Å². The van der Waals surface area contributed by atoms with Gasteiger partial charge >= 0.3 is 0 Å². The summed E-state index contributed by atoms with van der Waals surface area (Å²) in [5.74, 6) is 1.11. The number of anilines is 1. The quantitative estimate of drug-likeness (QED) is 0.121. The first-order chi connectivity index (χ1) is 20.9. The van der Waals surface area contributed by atoms with Crippen LogP contribution in [0.1, 0.15) is 55.5 Å². The minimum atomic E-state index is -1.01. The van der Waals surface area contributed by atoms with Gasteiger partial charge in [-0.15, -0.1) is 0 Å². The fraction of sp³-hybridized carbons (Fsp3) is 0.394. The Kier molecular flexibility index (Phi) is 6.07. The SMILES string of the molecule is C[C@]1(c2ccc(Cl)cn2)Oc2cccc(N3CCC4(CC3)C[C@H]4c3cc4ccc(/C(N)=N/O)cc4n3C[C@H]3CCO3)c2O1. The summed E-state index contributed by atoms with van der Waals surface area (Å²) in [5, 5.41) is 14.2. The van der Waals surface area contributed by atoms with Crippen molar-refractivity contribution in [2.45, 2.75) is 57.0 Å². The predicted octanol–water partition coefficient (Wildman–Crippen LogP) is 5.99. The minimum Gasteiger partial charge on any atom is -0.443 e. The van der Waals surface area contributed by atoms with Gasteiger partial charge in [0, 0.05) is 62.1 Å². The molecule has 2 aromatic carbocycles. The molecule has 0 amide bonds. The Hall–Kier alpha value is -3.95. The zero-order chi connectivity index (χ0) is 29.3. The normalized spacial score (nSPS) is 25.7. The molecule has 1 aliphatic carbocycles. The van der Waals surface area contributed by atoms with Crippen LogP contribution in [0, 0.1) is 5.41 Å². The van der Waals surface area contributed by atoms with E-state index in [-0.39, 0.29) is 17.4 Å². The molecule has 1 saturated carbocycles. The van der Waals surface area contributed by atoms with Crippen LogP contribution in [0.2, 0.25) is 5.02 Å². The van der Waals surface area contributed by atoms with Crippen LogP contribution in [0.4, 0.5) is 5.69 Å². The van der Waals surface area contributed by atoms with E-state index >= 15 is 0 Å². The number of nitrogens with two attached hydrogens (primary N) is 1. The molecule has 3 N–H and O–H groups in total. The molecule has 5 heterocycles. The second kappa shape index (κ2) is 9.79. The highest BCUT2D eigenvalue weighted by Crippen LogP contribution is 2.66. The fourth-order valence-corrected chi connectivity index (χ4v) is 7.35. The maximum absolute atomic E-state index is 9.24. The Labute approximate surface area is 254 Å². The second-order valence-electron chi connectivity index (χ2n) is 12.4. The number of halogens is 1. The van der Waals surface area contributed by atoms with Gasteiger partial charge in [-0.2, -0.15) is 0 Å². The topological polar surface area (TPSA) is 107 Å². The van der Waals surface area contributed by atoms with Crippen molar-refractivity contribution >= 4 is 34.0 Å². The van der Waals surface area contributed by atoms with Crippen LogP contribution in [0.15, 0.2) is 65.9 Å². The average Bonchev–Trinajstić information content (AvgIpc) is 3.37. The van der Waals surface area contributed by atoms with Crippen LogP contribution in [-0.4, -0.2) is 46.4 Å². The zero-order valence-corrected chi connectivity index (χ0v) is 24.8. The van der Waals surface area contributed by atoms with Crippen LogP contribution in [0.5, 0.6) is 11.5 Å². The van der Waals surface area contributed by atoms with Gasteiger partial charge in [-0.1, -0.05) is 35.0 Å². The number of para-hydroxylation sites is 1. The molecule has 2 aromatic heterocycles. The van der Waals surface area contributed by atoms with Crippen molar-refractivity contribution in [3.63, 3.8) is 0 Å². The number of fused-ring (bicyclic) bond motifs is 2. The summed E-state index contributed by atoms with van der Waals surface area (Å²) in [5.41, 5.74) is 11.2. The Balaban J connectivity index is 1.03. The van der Waals surface area contributed by atoms with Crippen molar-refractivity contribution in [3.05, 3.63) is 82.8 Å². The molecular weight excluding hydrogens is 566 g/mol. The van der Waals surface area contributed by atoms with Gasteiger partial charge in [0.1, 0.15) is 5.69 Å². The average molecular weight is 600 g/mol. The standard InChI is InChI=1S/C33H34ClN5O4/c1-32(29-8-7-22(34)18-36-29)42-28-4-2-3-25(30(28)43-32)38-12-10-33(11-13-38)17-24(33)27-15-20-5-6-21(31(35)37-40)16-26(20)39(27)19-23-9-14-41-23/h2-8,15-16,18,23-24,40H,9-14,17,19H2,1H3,(H2,35,37)/t23-,24+,32+/m1/s1. The number of rotatable bonds is 6. The lowest BCUT2D eigenvalue weighted by atomic mass is 9.89. The van der Waals surface area contributed by atoms with Gasteiger partial charge in [-0.05, 0) is 72.9 Å². The maximum Gasteiger partial charge on any atom is 0.292 e. The van der Waals surface area contributed by atoms with Crippen LogP contribution in [0.3, 0.4) is 0 Å². The molecule has 0 unspecified atom stereocenters. The van der Waals surface area contributed by atoms with Crippen LogP contribution in [0.25, 0.3) is 10.9 Å². The molecule has 10 heteroatoms. The highest BCUT2D eigenvalue weighted by molar-refractivity contribution is 6.30. The lowest BCUT2D eigenvalue weighted by Crippen LogP contribution is -2.36. The van der Waals surface area contributed by atoms with Crippen molar-refractivity contribution in [1.29, 1.82) is 0 Å². The fourth-order valence-electron chi connectivity index (χ4n) is 7.24. The predicted molar refractivity (Wildman–Crippen MR) is 164 cm³/mol. The molecule has 3 fully saturated rings. The Morgan fingerprint density at radius 2 is 1.98 bits per heavy atom. The van der Waals surface area contributed by atoms with E-state index in [2.05, 4.69) is 37.8 Å². The monoisotopic (exact) mass is 599 g/mol. The Morgan fingerprint density at radius 3 is 2.70 bits per heavy atom. The molecule has 0 bridgehead atoms. The highest BCUT2D eigenvalue weighted by atomic mass is 35.5. The second-order valence-corrected chi connectivity index (χ2v) is 12.9. The van der Waals surface area contributed by atoms with E-state index in [1.807, 2.05) is 37.3 Å². The molecule has 3 atom stereocenters. The highest BCUT2D eigenvalue weighted by Gasteiger charge is 2.57. The molecule has 8 rings (SSSR count). The number of amidine groups is 1. The molecule has 2 saturated heterocycles. The van der Waals surface area contributed by atoms with Crippen molar-refractivity contribution in [3.8, 4) is 11.5 Å². The first-order valence-electron chi connectivity index (χ1n) is 15.0. The van der Waals surface area contributed by atoms with Gasteiger partial charge in [0.05, 0.1) is 16.8 Å². The third-order valence-corrected chi connectivity index (χ3v) is 10.1. The Morgan fingerprint density at radius 1 is 1.14 bits per heavy atom. The third-order valence-electron chi connectivity index (χ3n) is 9.92. The van der Waals surface area contributed by atoms with Crippen LogP contribution in [-0.2, 0) is 17.1 Å². The summed E-state index contributed by atoms with van der Waals surface area (Å²) in [6, 6.07) is 18.1. The van der Waals surface area contributed by atoms with Crippen molar-refractivity contribution in [2.24, 2.45) is 16.3 Å². The van der Waals surface area contributed by atoms with Crippen LogP contribution >= 0.6 is 11.6 Å². The molecule has 3 aliphatic heterocycles. The number of piperidine rings is 1. The van der Waals surface area contributed by atoms with Gasteiger partial charge in [0.2, 0.25) is 0 Å². The summed E-state index contributed by atoms with van der Waals surface area (Å²) in [7, 11) is 0. The van der Waals surface area contributed by atoms with E-state index in [1.54, 1.807) is 12.3 Å². The van der Waals surface area contributed by atoms with Gasteiger partial charge in [0.15, 0.2) is 17.3 Å². The molecule has 1 spiro atoms. The lowest BCUT2D eigenvalue weighted by molar-refractivity contribution is -0.0716. The number of oxime groups is 1. The lowest BCUT2D eigenvalue weighted by Gasteiger charge is -2.35. The summed E-state index contributed by atoms with van der Waals surface area (Å²) >= 11 is 6.07. The molecule has 43 heavy (non-hydrogen) atoms. The smallest absolute Gasteiger partial charge is 0.292 e. The molecule has 4 aliphatic rings. The first kappa shape index (κ1) is 26.7. The van der Waals surface area contributed by atoms with Gasteiger partial charge in [0.25, 0.3) is 5.79 Å². The van der Waals surface area contributed by atoms with Crippen LogP contribution < -0.4 is 20.1 Å². The molecular formula is C33H34ClN5O4. The molecule has 222 valence electrons. The van der Waals surface area contributed by atoms with E-state index in [0.29, 0.717) is 16.6 Å². The molecule has 9 nitrogen and oxygen atoms in total. The number of aromatic nitrogens is 2.